The fraction of sp³-hybridized carbons (Fsp3) is 0.467. The summed E-state index contributed by atoms with van der Waals surface area (Å²) in [5.41, 5.74) is 0.734. The van der Waals surface area contributed by atoms with Gasteiger partial charge in [0.2, 0.25) is 0 Å². The van der Waals surface area contributed by atoms with Crippen LogP contribution in [0.25, 0.3) is 29.9 Å². The minimum atomic E-state index is -0.352. The summed E-state index contributed by atoms with van der Waals surface area (Å²) in [6, 6.07) is 4.18. The van der Waals surface area contributed by atoms with E-state index in [4.69, 9.17) is 9.47 Å². The molecule has 0 saturated carbocycles. The van der Waals surface area contributed by atoms with Crippen LogP contribution in [0.5, 0.6) is 11.5 Å². The number of aliphatic hydroxyl groups excluding tert-OH is 1. The molecule has 2 amide bonds. The summed E-state index contributed by atoms with van der Waals surface area (Å²) in [7, 11) is 1.49. The molecule has 1 aliphatic heterocycles. The smallest absolute Gasteiger partial charge is 0.262 e. The van der Waals surface area contributed by atoms with E-state index >= 15 is 0 Å². The van der Waals surface area contributed by atoms with E-state index < -0.39 is 0 Å². The Morgan fingerprint density at radius 3 is 2.10 bits per heavy atom. The molecule has 6 nitrogen and oxygen atoms in total. The number of benzene rings is 1. The third-order valence-electron chi connectivity index (χ3n) is 7.17. The van der Waals surface area contributed by atoms with Crippen molar-refractivity contribution in [2.45, 2.75) is 71.8 Å². The lowest BCUT2D eigenvalue weighted by Crippen LogP contribution is -2.25. The summed E-state index contributed by atoms with van der Waals surface area (Å²) in [6.45, 7) is 5.41. The molecule has 208 valence electrons. The number of aliphatic hydroxyl groups is 1. The Hall–Kier alpha value is -2.46. The molecule has 0 atom stereocenters. The fourth-order valence-corrected chi connectivity index (χ4v) is 8.38. The average Bonchev–Trinajstić information content (AvgIpc) is 3.71. The number of ether oxygens (including phenoxy) is 2. The molecule has 1 aromatic carbocycles. The predicted molar refractivity (Wildman–Crippen MR) is 162 cm³/mol. The van der Waals surface area contributed by atoms with Gasteiger partial charge in [0.25, 0.3) is 11.8 Å². The molecule has 0 unspecified atom stereocenters. The molecule has 0 radical (unpaired) electrons. The van der Waals surface area contributed by atoms with Crippen molar-refractivity contribution in [3.05, 3.63) is 33.5 Å². The molecular weight excluding hydrogens is 551 g/mol. The van der Waals surface area contributed by atoms with Crippen molar-refractivity contribution in [3.8, 4) is 21.3 Å². The van der Waals surface area contributed by atoms with Crippen LogP contribution in [0.1, 0.15) is 90.8 Å². The topological polar surface area (TPSA) is 76.1 Å². The largest absolute Gasteiger partial charge is 0.491 e. The first-order chi connectivity index (χ1) is 19.0. The van der Waals surface area contributed by atoms with E-state index in [-0.39, 0.29) is 18.4 Å². The number of rotatable bonds is 14. The summed E-state index contributed by atoms with van der Waals surface area (Å²) in [5, 5.41) is 14.1. The monoisotopic (exact) mass is 585 g/mol. The average molecular weight is 586 g/mol. The highest BCUT2D eigenvalue weighted by atomic mass is 32.1. The molecule has 1 N–H and O–H groups in total. The molecule has 9 heteroatoms. The van der Waals surface area contributed by atoms with Gasteiger partial charge in [-0.05, 0) is 30.4 Å². The molecule has 0 fully saturated rings. The van der Waals surface area contributed by atoms with E-state index in [2.05, 4.69) is 31.4 Å². The summed E-state index contributed by atoms with van der Waals surface area (Å²) in [6.07, 6.45) is 9.00. The zero-order valence-corrected chi connectivity index (χ0v) is 25.2. The zero-order valence-electron chi connectivity index (χ0n) is 22.8. The standard InChI is InChI=1S/C30H35NO5S3/c1-4-6-8-10-13-35-24-18-12-15-37-26(18)25(36-14-11-9-7-5-2)19-16-20(38-27(19)24)28-23-22(21(17-32)39-28)29(33)31(3)30(23)34/h12,15-16,32H,4-11,13-14,17H2,1-3H3. The summed E-state index contributed by atoms with van der Waals surface area (Å²) in [4.78, 5) is 29.1. The summed E-state index contributed by atoms with van der Waals surface area (Å²) in [5.74, 6) is 1.06. The van der Waals surface area contributed by atoms with Crippen LogP contribution in [-0.4, -0.2) is 42.1 Å². The molecule has 0 spiro atoms. The SMILES string of the molecule is CCCCCCOc1c2cc(-c3sc(CO)c4c3C(=O)N(C)C4=O)sc2c(OCCCCCC)c2ccsc12. The molecule has 1 aliphatic rings. The van der Waals surface area contributed by atoms with Crippen molar-refractivity contribution in [2.24, 2.45) is 0 Å². The Labute approximate surface area is 241 Å². The Balaban J connectivity index is 1.62. The molecule has 39 heavy (non-hydrogen) atoms. The maximum atomic E-state index is 13.1. The van der Waals surface area contributed by atoms with Crippen LogP contribution in [0, 0.1) is 0 Å². The van der Waals surface area contributed by atoms with Gasteiger partial charge in [0.15, 0.2) is 0 Å². The second kappa shape index (κ2) is 12.4. The van der Waals surface area contributed by atoms with Gasteiger partial charge in [-0.1, -0.05) is 52.4 Å². The second-order valence-corrected chi connectivity index (χ2v) is 13.0. The first-order valence-electron chi connectivity index (χ1n) is 13.8. The van der Waals surface area contributed by atoms with Gasteiger partial charge in [0.05, 0.1) is 45.2 Å². The van der Waals surface area contributed by atoms with E-state index in [0.29, 0.717) is 29.2 Å². The lowest BCUT2D eigenvalue weighted by molar-refractivity contribution is 0.0692. The maximum absolute atomic E-state index is 13.1. The van der Waals surface area contributed by atoms with Gasteiger partial charge in [0.1, 0.15) is 11.5 Å². The van der Waals surface area contributed by atoms with Crippen LogP contribution in [-0.2, 0) is 6.61 Å². The number of carbonyl (C=O) groups excluding carboxylic acids is 2. The van der Waals surface area contributed by atoms with Gasteiger partial charge in [0, 0.05) is 27.6 Å². The molecule has 4 heterocycles. The van der Waals surface area contributed by atoms with E-state index in [1.807, 2.05) is 0 Å². The van der Waals surface area contributed by atoms with Gasteiger partial charge in [-0.3, -0.25) is 14.5 Å². The van der Waals surface area contributed by atoms with Gasteiger partial charge in [-0.2, -0.15) is 0 Å². The highest BCUT2D eigenvalue weighted by Gasteiger charge is 2.40. The highest BCUT2D eigenvalue weighted by molar-refractivity contribution is 7.27. The Bertz CT molecular complexity index is 1430. The van der Waals surface area contributed by atoms with Crippen molar-refractivity contribution >= 4 is 66.0 Å². The first-order valence-corrected chi connectivity index (χ1v) is 16.3. The minimum absolute atomic E-state index is 0.279. The number of carbonyl (C=O) groups is 2. The van der Waals surface area contributed by atoms with Crippen molar-refractivity contribution in [2.75, 3.05) is 20.3 Å². The molecule has 3 aromatic heterocycles. The van der Waals surface area contributed by atoms with Crippen molar-refractivity contribution in [3.63, 3.8) is 0 Å². The number of unbranched alkanes of at least 4 members (excludes halogenated alkanes) is 6. The molecular formula is C30H35NO5S3. The number of hydrogen-bond acceptors (Lipinski definition) is 8. The van der Waals surface area contributed by atoms with Crippen LogP contribution in [0.2, 0.25) is 0 Å². The predicted octanol–water partition coefficient (Wildman–Crippen LogP) is 8.48. The van der Waals surface area contributed by atoms with Crippen LogP contribution in [0.3, 0.4) is 0 Å². The van der Waals surface area contributed by atoms with Gasteiger partial charge in [-0.15, -0.1) is 34.0 Å². The second-order valence-electron chi connectivity index (χ2n) is 9.93. The van der Waals surface area contributed by atoms with E-state index in [0.717, 1.165) is 72.0 Å². The van der Waals surface area contributed by atoms with E-state index in [9.17, 15) is 14.7 Å². The normalized spacial score (nSPS) is 13.3. The van der Waals surface area contributed by atoms with Gasteiger partial charge < -0.3 is 14.6 Å². The van der Waals surface area contributed by atoms with E-state index in [1.165, 1.54) is 44.1 Å². The Morgan fingerprint density at radius 2 is 1.46 bits per heavy atom. The number of fused-ring (bicyclic) bond motifs is 3. The minimum Gasteiger partial charge on any atom is -0.491 e. The summed E-state index contributed by atoms with van der Waals surface area (Å²) >= 11 is 4.55. The lowest BCUT2D eigenvalue weighted by Gasteiger charge is -2.13. The molecule has 0 bridgehead atoms. The maximum Gasteiger partial charge on any atom is 0.262 e. The number of amides is 2. The molecule has 5 rings (SSSR count). The van der Waals surface area contributed by atoms with Crippen molar-refractivity contribution in [1.29, 1.82) is 0 Å². The van der Waals surface area contributed by atoms with Gasteiger partial charge in [-0.25, -0.2) is 0 Å². The molecule has 4 aromatic rings. The summed E-state index contributed by atoms with van der Waals surface area (Å²) < 4.78 is 15.0. The van der Waals surface area contributed by atoms with Crippen LogP contribution in [0.4, 0.5) is 0 Å². The molecule has 0 saturated heterocycles. The number of hydrogen-bond donors (Lipinski definition) is 1. The van der Waals surface area contributed by atoms with Crippen LogP contribution >= 0.6 is 34.0 Å². The van der Waals surface area contributed by atoms with Crippen molar-refractivity contribution in [1.82, 2.24) is 4.90 Å². The number of thiophene rings is 3. The van der Waals surface area contributed by atoms with Crippen LogP contribution < -0.4 is 9.47 Å². The third kappa shape index (κ3) is 5.22. The van der Waals surface area contributed by atoms with Gasteiger partial charge >= 0.3 is 0 Å². The Kier molecular flexibility index (Phi) is 8.91. The van der Waals surface area contributed by atoms with E-state index in [1.54, 1.807) is 22.7 Å². The molecule has 0 aliphatic carbocycles. The first kappa shape index (κ1) is 28.1. The number of imide groups is 1. The zero-order chi connectivity index (χ0) is 27.5. The van der Waals surface area contributed by atoms with Crippen LogP contribution in [0.15, 0.2) is 17.5 Å². The quantitative estimate of drug-likeness (QED) is 0.119. The third-order valence-corrected chi connectivity index (χ3v) is 10.6. The Morgan fingerprint density at radius 1 is 0.821 bits per heavy atom. The lowest BCUT2D eigenvalue weighted by atomic mass is 10.1. The van der Waals surface area contributed by atoms with Crippen molar-refractivity contribution < 1.29 is 24.2 Å². The fourth-order valence-electron chi connectivity index (χ4n) is 5.06. The highest BCUT2D eigenvalue weighted by Crippen LogP contribution is 2.52. The number of nitrogens with zero attached hydrogens (tertiary/aromatic N) is 1.